The monoisotopic (exact) mass is 437 g/mol. The van der Waals surface area contributed by atoms with E-state index in [1.54, 1.807) is 12.1 Å². The molecule has 2 heterocycles. The third kappa shape index (κ3) is 5.47. The first-order valence-corrected chi connectivity index (χ1v) is 11.3. The second-order valence-corrected chi connectivity index (χ2v) is 8.41. The van der Waals surface area contributed by atoms with E-state index in [1.165, 1.54) is 5.69 Å². The zero-order valence-electron chi connectivity index (χ0n) is 18.2. The van der Waals surface area contributed by atoms with E-state index in [9.17, 15) is 14.7 Å². The average molecular weight is 438 g/mol. The zero-order valence-corrected chi connectivity index (χ0v) is 18.2. The van der Waals surface area contributed by atoms with Gasteiger partial charge >= 0.3 is 0 Å². The van der Waals surface area contributed by atoms with Crippen molar-refractivity contribution in [1.29, 1.82) is 0 Å². The molecule has 2 aliphatic rings. The fourth-order valence-electron chi connectivity index (χ4n) is 4.46. The molecule has 3 atom stereocenters. The highest BCUT2D eigenvalue weighted by Gasteiger charge is 2.34. The Kier molecular flexibility index (Phi) is 7.39. The molecule has 2 saturated heterocycles. The van der Waals surface area contributed by atoms with Gasteiger partial charge in [-0.25, -0.2) is 0 Å². The Bertz CT molecular complexity index is 885. The predicted octanol–water partition coefficient (Wildman–Crippen LogP) is 2.06. The molecule has 2 aliphatic heterocycles. The lowest BCUT2D eigenvalue weighted by Crippen LogP contribution is -2.52. The molecule has 7 heteroatoms. The predicted molar refractivity (Wildman–Crippen MR) is 123 cm³/mol. The smallest absolute Gasteiger partial charge is 0.251 e. The van der Waals surface area contributed by atoms with E-state index in [4.69, 9.17) is 4.74 Å². The maximum atomic E-state index is 12.8. The summed E-state index contributed by atoms with van der Waals surface area (Å²) in [5.74, 6) is -0.0883. The minimum atomic E-state index is -0.510. The molecule has 170 valence electrons. The summed E-state index contributed by atoms with van der Waals surface area (Å²) >= 11 is 0. The van der Waals surface area contributed by atoms with Crippen LogP contribution in [0.1, 0.15) is 29.6 Å². The largest absolute Gasteiger partial charge is 0.394 e. The molecule has 4 rings (SSSR count). The van der Waals surface area contributed by atoms with E-state index in [1.807, 2.05) is 41.3 Å². The minimum Gasteiger partial charge on any atom is -0.394 e. The normalized spacial score (nSPS) is 23.6. The van der Waals surface area contributed by atoms with Gasteiger partial charge in [0, 0.05) is 37.4 Å². The summed E-state index contributed by atoms with van der Waals surface area (Å²) in [6, 6.07) is 19.0. The number of amides is 2. The molecule has 2 amide bonds. The number of hydrogen-bond acceptors (Lipinski definition) is 5. The number of aliphatic hydroxyl groups is 1. The van der Waals surface area contributed by atoms with Crippen molar-refractivity contribution in [2.24, 2.45) is 0 Å². The van der Waals surface area contributed by atoms with Crippen LogP contribution in [-0.2, 0) is 9.53 Å². The van der Waals surface area contributed by atoms with Crippen molar-refractivity contribution in [2.75, 3.05) is 37.7 Å². The molecule has 0 aromatic heterocycles. The number of piperazine rings is 1. The average Bonchev–Trinajstić information content (AvgIpc) is 2.86. The second-order valence-electron chi connectivity index (χ2n) is 8.41. The number of rotatable bonds is 6. The fraction of sp³-hybridized carbons (Fsp3) is 0.440. The summed E-state index contributed by atoms with van der Waals surface area (Å²) in [6.45, 7) is 2.82. The van der Waals surface area contributed by atoms with Crippen LogP contribution in [0.4, 0.5) is 5.69 Å². The van der Waals surface area contributed by atoms with E-state index >= 15 is 0 Å². The van der Waals surface area contributed by atoms with Crippen LogP contribution < -0.4 is 10.2 Å². The SMILES string of the molecule is O=C(N[C@H]1CC[C@H](CC(=O)N2CCN(c3ccccc3)CC2)O[C@@H]1CO)c1ccccc1. The number of para-hydroxylation sites is 1. The number of aliphatic hydroxyl groups excluding tert-OH is 1. The van der Waals surface area contributed by atoms with Gasteiger partial charge in [-0.3, -0.25) is 9.59 Å². The molecule has 32 heavy (non-hydrogen) atoms. The van der Waals surface area contributed by atoms with Gasteiger partial charge in [-0.15, -0.1) is 0 Å². The van der Waals surface area contributed by atoms with Crippen LogP contribution in [0.25, 0.3) is 0 Å². The van der Waals surface area contributed by atoms with Gasteiger partial charge in [-0.1, -0.05) is 36.4 Å². The fourth-order valence-corrected chi connectivity index (χ4v) is 4.46. The molecule has 0 aliphatic carbocycles. The van der Waals surface area contributed by atoms with Crippen LogP contribution in [-0.4, -0.2) is 72.9 Å². The first-order chi connectivity index (χ1) is 15.6. The van der Waals surface area contributed by atoms with Crippen molar-refractivity contribution in [3.63, 3.8) is 0 Å². The molecule has 2 aromatic carbocycles. The summed E-state index contributed by atoms with van der Waals surface area (Å²) in [5, 5.41) is 12.8. The quantitative estimate of drug-likeness (QED) is 0.723. The lowest BCUT2D eigenvalue weighted by Gasteiger charge is -2.39. The first kappa shape index (κ1) is 22.3. The Balaban J connectivity index is 1.25. The molecule has 0 unspecified atom stereocenters. The van der Waals surface area contributed by atoms with Crippen molar-refractivity contribution >= 4 is 17.5 Å². The van der Waals surface area contributed by atoms with Gasteiger partial charge in [-0.05, 0) is 37.1 Å². The highest BCUT2D eigenvalue weighted by molar-refractivity contribution is 5.94. The summed E-state index contributed by atoms with van der Waals surface area (Å²) in [5.41, 5.74) is 1.76. The number of carbonyl (C=O) groups is 2. The van der Waals surface area contributed by atoms with E-state index in [-0.39, 0.29) is 30.6 Å². The molecule has 0 saturated carbocycles. The van der Waals surface area contributed by atoms with Gasteiger partial charge in [0.15, 0.2) is 0 Å². The van der Waals surface area contributed by atoms with Gasteiger partial charge in [-0.2, -0.15) is 0 Å². The molecule has 0 radical (unpaired) electrons. The summed E-state index contributed by atoms with van der Waals surface area (Å²) in [6.07, 6.45) is 0.900. The number of benzene rings is 2. The van der Waals surface area contributed by atoms with Gasteiger partial charge in [0.05, 0.1) is 25.2 Å². The van der Waals surface area contributed by atoms with E-state index in [0.717, 1.165) is 13.1 Å². The standard InChI is InChI=1S/C25H31N3O4/c29-18-23-22(26-25(31)19-7-3-1-4-8-19)12-11-21(32-23)17-24(30)28-15-13-27(14-16-28)20-9-5-2-6-10-20/h1-10,21-23,29H,11-18H2,(H,26,31)/t21-,22+,23-/m1/s1. The summed E-state index contributed by atoms with van der Waals surface area (Å²) in [7, 11) is 0. The van der Waals surface area contributed by atoms with Crippen molar-refractivity contribution in [2.45, 2.75) is 37.5 Å². The van der Waals surface area contributed by atoms with Crippen LogP contribution >= 0.6 is 0 Å². The Labute approximate surface area is 189 Å². The van der Waals surface area contributed by atoms with E-state index in [2.05, 4.69) is 22.3 Å². The number of anilines is 1. The van der Waals surface area contributed by atoms with Crippen molar-refractivity contribution < 1.29 is 19.4 Å². The number of hydrogen-bond donors (Lipinski definition) is 2. The van der Waals surface area contributed by atoms with Crippen molar-refractivity contribution in [3.05, 3.63) is 66.2 Å². The van der Waals surface area contributed by atoms with E-state index in [0.29, 0.717) is 37.9 Å². The Morgan fingerprint density at radius 3 is 2.25 bits per heavy atom. The molecule has 7 nitrogen and oxygen atoms in total. The van der Waals surface area contributed by atoms with Crippen LogP contribution in [0.3, 0.4) is 0 Å². The summed E-state index contributed by atoms with van der Waals surface area (Å²) in [4.78, 5) is 29.5. The van der Waals surface area contributed by atoms with Crippen LogP contribution in [0.15, 0.2) is 60.7 Å². The molecule has 2 N–H and O–H groups in total. The Morgan fingerprint density at radius 1 is 0.938 bits per heavy atom. The zero-order chi connectivity index (χ0) is 22.3. The third-order valence-corrected chi connectivity index (χ3v) is 6.30. The lowest BCUT2D eigenvalue weighted by atomic mass is 9.96. The van der Waals surface area contributed by atoms with Crippen molar-refractivity contribution in [3.8, 4) is 0 Å². The molecule has 2 aromatic rings. The van der Waals surface area contributed by atoms with E-state index < -0.39 is 6.10 Å². The Morgan fingerprint density at radius 2 is 1.59 bits per heavy atom. The Hall–Kier alpha value is -2.90. The first-order valence-electron chi connectivity index (χ1n) is 11.3. The van der Waals surface area contributed by atoms with Crippen molar-refractivity contribution in [1.82, 2.24) is 10.2 Å². The highest BCUT2D eigenvalue weighted by Crippen LogP contribution is 2.24. The minimum absolute atomic E-state index is 0.0890. The maximum Gasteiger partial charge on any atom is 0.251 e. The molecular formula is C25H31N3O4. The molecule has 2 fully saturated rings. The van der Waals surface area contributed by atoms with Crippen LogP contribution in [0.5, 0.6) is 0 Å². The number of carbonyl (C=O) groups excluding carboxylic acids is 2. The number of ether oxygens (including phenoxy) is 1. The number of nitrogens with zero attached hydrogens (tertiary/aromatic N) is 2. The molecular weight excluding hydrogens is 406 g/mol. The number of nitrogens with one attached hydrogen (secondary N) is 1. The summed E-state index contributed by atoms with van der Waals surface area (Å²) < 4.78 is 6.01. The second kappa shape index (κ2) is 10.6. The van der Waals surface area contributed by atoms with Crippen LogP contribution in [0.2, 0.25) is 0 Å². The highest BCUT2D eigenvalue weighted by atomic mass is 16.5. The van der Waals surface area contributed by atoms with Crippen LogP contribution in [0, 0.1) is 0 Å². The third-order valence-electron chi connectivity index (χ3n) is 6.30. The maximum absolute atomic E-state index is 12.8. The van der Waals surface area contributed by atoms with Gasteiger partial charge in [0.25, 0.3) is 5.91 Å². The van der Waals surface area contributed by atoms with Gasteiger partial charge < -0.3 is 25.0 Å². The molecule has 0 bridgehead atoms. The topological polar surface area (TPSA) is 82.1 Å². The van der Waals surface area contributed by atoms with Gasteiger partial charge in [0.1, 0.15) is 6.10 Å². The molecule has 0 spiro atoms. The lowest BCUT2D eigenvalue weighted by molar-refractivity contribution is -0.140. The van der Waals surface area contributed by atoms with Gasteiger partial charge in [0.2, 0.25) is 5.91 Å².